The summed E-state index contributed by atoms with van der Waals surface area (Å²) in [7, 11) is 0. The van der Waals surface area contributed by atoms with Crippen LogP contribution in [0.3, 0.4) is 0 Å². The Bertz CT molecular complexity index is 1060. The van der Waals surface area contributed by atoms with Crippen molar-refractivity contribution in [2.45, 2.75) is 37.7 Å². The van der Waals surface area contributed by atoms with Crippen molar-refractivity contribution in [3.8, 4) is 11.4 Å². The second-order valence-corrected chi connectivity index (χ2v) is 8.40. The zero-order valence-electron chi connectivity index (χ0n) is 17.9. The van der Waals surface area contributed by atoms with E-state index in [4.69, 9.17) is 0 Å². The van der Waals surface area contributed by atoms with Crippen molar-refractivity contribution in [3.63, 3.8) is 0 Å². The van der Waals surface area contributed by atoms with Crippen molar-refractivity contribution in [2.75, 3.05) is 6.61 Å². The van der Waals surface area contributed by atoms with Crippen molar-refractivity contribution in [1.82, 2.24) is 15.3 Å². The molecule has 3 aromatic rings. The Labute approximate surface area is 190 Å². The monoisotopic (exact) mass is 457 g/mol. The van der Waals surface area contributed by atoms with E-state index >= 15 is 0 Å². The molecule has 33 heavy (non-hydrogen) atoms. The summed E-state index contributed by atoms with van der Waals surface area (Å²) in [6, 6.07) is 16.5. The van der Waals surface area contributed by atoms with Gasteiger partial charge in [0.15, 0.2) is 5.82 Å². The minimum absolute atomic E-state index is 0.0146. The summed E-state index contributed by atoms with van der Waals surface area (Å²) >= 11 is 0. The van der Waals surface area contributed by atoms with Crippen LogP contribution in [0.2, 0.25) is 0 Å². The van der Waals surface area contributed by atoms with Crippen LogP contribution in [0, 0.1) is 11.8 Å². The van der Waals surface area contributed by atoms with Gasteiger partial charge in [-0.2, -0.15) is 13.2 Å². The van der Waals surface area contributed by atoms with Crippen LogP contribution < -0.4 is 5.32 Å². The molecule has 1 fully saturated rings. The van der Waals surface area contributed by atoms with Crippen LogP contribution in [0.25, 0.3) is 11.4 Å². The number of halogens is 3. The Morgan fingerprint density at radius 3 is 2.42 bits per heavy atom. The summed E-state index contributed by atoms with van der Waals surface area (Å²) < 4.78 is 40.1. The van der Waals surface area contributed by atoms with Gasteiger partial charge in [0.05, 0.1) is 11.7 Å². The van der Waals surface area contributed by atoms with Crippen LogP contribution in [0.1, 0.15) is 23.2 Å². The Balaban J connectivity index is 1.53. The van der Waals surface area contributed by atoms with Crippen LogP contribution in [0.5, 0.6) is 0 Å². The highest BCUT2D eigenvalue weighted by Gasteiger charge is 2.42. The molecule has 0 unspecified atom stereocenters. The minimum atomic E-state index is -4.44. The van der Waals surface area contributed by atoms with Gasteiger partial charge in [-0.1, -0.05) is 48.5 Å². The van der Waals surface area contributed by atoms with Gasteiger partial charge in [-0.3, -0.25) is 0 Å². The molecule has 0 radical (unpaired) electrons. The molecule has 0 aliphatic heterocycles. The number of hydrogen-bond acceptors (Lipinski definition) is 5. The van der Waals surface area contributed by atoms with Gasteiger partial charge in [-0.05, 0) is 36.5 Å². The fourth-order valence-electron chi connectivity index (χ4n) is 4.65. The number of aliphatic hydroxyl groups is 2. The van der Waals surface area contributed by atoms with Crippen LogP contribution in [0.15, 0.2) is 66.9 Å². The minimum Gasteiger partial charge on any atom is -0.396 e. The fourth-order valence-corrected chi connectivity index (χ4v) is 4.65. The maximum Gasteiger partial charge on any atom is 0.416 e. The Morgan fingerprint density at radius 1 is 0.970 bits per heavy atom. The lowest BCUT2D eigenvalue weighted by molar-refractivity contribution is -0.138. The highest BCUT2D eigenvalue weighted by molar-refractivity contribution is 5.54. The van der Waals surface area contributed by atoms with Crippen molar-refractivity contribution in [1.29, 1.82) is 0 Å². The molecule has 8 heteroatoms. The van der Waals surface area contributed by atoms with E-state index in [0.29, 0.717) is 18.7 Å². The number of alkyl halides is 3. The normalized spacial score (nSPS) is 23.1. The fraction of sp³-hybridized carbons (Fsp3) is 0.360. The number of hydrogen-bond donors (Lipinski definition) is 3. The smallest absolute Gasteiger partial charge is 0.396 e. The molecule has 0 saturated heterocycles. The van der Waals surface area contributed by atoms with Gasteiger partial charge in [0.2, 0.25) is 0 Å². The van der Waals surface area contributed by atoms with E-state index in [2.05, 4.69) is 15.3 Å². The van der Waals surface area contributed by atoms with Crippen molar-refractivity contribution >= 4 is 0 Å². The first kappa shape index (κ1) is 23.4. The lowest BCUT2D eigenvalue weighted by Crippen LogP contribution is -2.36. The number of rotatable bonds is 7. The van der Waals surface area contributed by atoms with Gasteiger partial charge in [0.25, 0.3) is 0 Å². The van der Waals surface area contributed by atoms with E-state index in [1.54, 1.807) is 18.3 Å². The lowest BCUT2D eigenvalue weighted by atomic mass is 9.88. The maximum atomic E-state index is 13.4. The zero-order chi connectivity index (χ0) is 23.4. The van der Waals surface area contributed by atoms with E-state index in [9.17, 15) is 23.4 Å². The SMILES string of the molecule is OC[C@@H]1[C@@H](Cc2ccnc(-c3ccccc3)n2)[C@H](NCc2ccccc2C(F)(F)F)C[C@H]1O. The third kappa shape index (κ3) is 5.40. The van der Waals surface area contributed by atoms with Crippen LogP contribution in [-0.2, 0) is 19.1 Å². The first-order valence-electron chi connectivity index (χ1n) is 10.9. The van der Waals surface area contributed by atoms with E-state index in [0.717, 1.165) is 17.3 Å². The van der Waals surface area contributed by atoms with Gasteiger partial charge >= 0.3 is 6.18 Å². The summed E-state index contributed by atoms with van der Waals surface area (Å²) in [6.45, 7) is -0.194. The zero-order valence-corrected chi connectivity index (χ0v) is 17.9. The predicted octanol–water partition coefficient (Wildman–Crippen LogP) is 3.85. The molecule has 2 aromatic carbocycles. The molecule has 174 valence electrons. The molecule has 4 atom stereocenters. The molecule has 0 spiro atoms. The standard InChI is InChI=1S/C25H26F3N3O2/c26-25(27,28)21-9-5-4-8-17(21)14-30-22-13-23(33)20(15-32)19(22)12-18-10-11-29-24(31-18)16-6-2-1-3-7-16/h1-11,19-20,22-23,30,32-33H,12-15H2/t19-,20-,22-,23-/m1/s1. The third-order valence-electron chi connectivity index (χ3n) is 6.33. The van der Waals surface area contributed by atoms with E-state index in [-0.39, 0.29) is 30.7 Å². The highest BCUT2D eigenvalue weighted by Crippen LogP contribution is 2.36. The molecule has 1 heterocycles. The predicted molar refractivity (Wildman–Crippen MR) is 118 cm³/mol. The third-order valence-corrected chi connectivity index (χ3v) is 6.33. The van der Waals surface area contributed by atoms with E-state index < -0.39 is 23.8 Å². The van der Waals surface area contributed by atoms with Crippen LogP contribution in [-0.4, -0.2) is 38.9 Å². The summed E-state index contributed by atoms with van der Waals surface area (Å²) in [5, 5.41) is 23.6. The summed E-state index contributed by atoms with van der Waals surface area (Å²) in [4.78, 5) is 8.98. The molecule has 1 aromatic heterocycles. The van der Waals surface area contributed by atoms with Crippen LogP contribution >= 0.6 is 0 Å². The first-order chi connectivity index (χ1) is 15.9. The molecule has 1 aliphatic carbocycles. The lowest BCUT2D eigenvalue weighted by Gasteiger charge is -2.25. The number of benzene rings is 2. The van der Waals surface area contributed by atoms with Gasteiger partial charge < -0.3 is 15.5 Å². The second-order valence-electron chi connectivity index (χ2n) is 8.40. The summed E-state index contributed by atoms with van der Waals surface area (Å²) in [5.41, 5.74) is 1.11. The number of aliphatic hydroxyl groups excluding tert-OH is 2. The van der Waals surface area contributed by atoms with Gasteiger partial charge in [-0.25, -0.2) is 9.97 Å². The molecular formula is C25H26F3N3O2. The van der Waals surface area contributed by atoms with Crippen molar-refractivity contribution in [2.24, 2.45) is 11.8 Å². The Kier molecular flexibility index (Phi) is 7.07. The van der Waals surface area contributed by atoms with Gasteiger partial charge in [0.1, 0.15) is 0 Å². The summed E-state index contributed by atoms with van der Waals surface area (Å²) in [6.07, 6.45) is -2.70. The number of nitrogens with zero attached hydrogens (tertiary/aromatic N) is 2. The number of aromatic nitrogens is 2. The largest absolute Gasteiger partial charge is 0.416 e. The van der Waals surface area contributed by atoms with E-state index in [1.807, 2.05) is 30.3 Å². The second kappa shape index (κ2) is 9.99. The molecular weight excluding hydrogens is 431 g/mol. The molecule has 1 saturated carbocycles. The average molecular weight is 457 g/mol. The topological polar surface area (TPSA) is 78.3 Å². The van der Waals surface area contributed by atoms with E-state index in [1.165, 1.54) is 12.1 Å². The Morgan fingerprint density at radius 2 is 1.70 bits per heavy atom. The highest BCUT2D eigenvalue weighted by atomic mass is 19.4. The quantitative estimate of drug-likeness (QED) is 0.502. The molecule has 1 aliphatic rings. The van der Waals surface area contributed by atoms with Crippen molar-refractivity contribution < 1.29 is 23.4 Å². The van der Waals surface area contributed by atoms with Crippen molar-refractivity contribution in [3.05, 3.63) is 83.7 Å². The van der Waals surface area contributed by atoms with Gasteiger partial charge in [0, 0.05) is 42.6 Å². The summed E-state index contributed by atoms with van der Waals surface area (Å²) in [5.74, 6) is -0.00659. The van der Waals surface area contributed by atoms with Crippen LogP contribution in [0.4, 0.5) is 13.2 Å². The molecule has 3 N–H and O–H groups in total. The molecule has 0 bridgehead atoms. The number of nitrogens with one attached hydrogen (secondary N) is 1. The Hall–Kier alpha value is -2.81. The molecule has 4 rings (SSSR count). The molecule has 0 amide bonds. The molecule has 5 nitrogen and oxygen atoms in total. The average Bonchev–Trinajstić information content (AvgIpc) is 3.11. The first-order valence-corrected chi connectivity index (χ1v) is 10.9. The maximum absolute atomic E-state index is 13.4. The van der Waals surface area contributed by atoms with Gasteiger partial charge in [-0.15, -0.1) is 0 Å².